The van der Waals surface area contributed by atoms with E-state index in [9.17, 15) is 0 Å². The molecule has 0 saturated heterocycles. The molecule has 0 radical (unpaired) electrons. The monoisotopic (exact) mass is 338 g/mol. The molecule has 4 heteroatoms. The Balaban J connectivity index is 2.65. The molecular weight excluding hydrogens is 312 g/mol. The van der Waals surface area contributed by atoms with E-state index in [1.165, 1.54) is 34.7 Å². The van der Waals surface area contributed by atoms with Crippen LogP contribution in [0.25, 0.3) is 0 Å². The minimum Gasteiger partial charge on any atom is -0.411 e. The molecule has 0 atom stereocenters. The van der Waals surface area contributed by atoms with Crippen LogP contribution in [0.2, 0.25) is 0 Å². The predicted molar refractivity (Wildman–Crippen MR) is 103 cm³/mol. The Morgan fingerprint density at radius 2 is 1.04 bits per heavy atom. The van der Waals surface area contributed by atoms with Gasteiger partial charge < -0.3 is 10.4 Å². The first kappa shape index (κ1) is 18.7. The van der Waals surface area contributed by atoms with E-state index in [0.29, 0.717) is 0 Å². The Morgan fingerprint density at radius 1 is 0.680 bits per heavy atom. The summed E-state index contributed by atoms with van der Waals surface area (Å²) in [6.07, 6.45) is 3.80. The van der Waals surface area contributed by atoms with E-state index in [4.69, 9.17) is 10.4 Å². The lowest BCUT2D eigenvalue weighted by Gasteiger charge is -2.19. The summed E-state index contributed by atoms with van der Waals surface area (Å²) in [5, 5.41) is 24.4. The average Bonchev–Trinajstić information content (AvgIpc) is 2.54. The van der Waals surface area contributed by atoms with Gasteiger partial charge in [-0.05, 0) is 92.5 Å². The van der Waals surface area contributed by atoms with Gasteiger partial charge in [0.25, 0.3) is 0 Å². The highest BCUT2D eigenvalue weighted by Crippen LogP contribution is 2.28. The molecule has 0 aliphatic carbocycles. The van der Waals surface area contributed by atoms with Crippen LogP contribution >= 0.6 is 0 Å². The number of rotatable bonds is 4. The lowest BCUT2D eigenvalue weighted by molar-refractivity contribution is 0.321. The maximum Gasteiger partial charge on any atom is 0.0739 e. The highest BCUT2D eigenvalue weighted by atomic mass is 16.4. The molecule has 0 amide bonds. The van der Waals surface area contributed by atoms with E-state index < -0.39 is 0 Å². The average molecular weight is 338 g/mol. The van der Waals surface area contributed by atoms with Crippen LogP contribution in [-0.4, -0.2) is 22.8 Å². The van der Waals surface area contributed by atoms with Gasteiger partial charge in [-0.2, -0.15) is 0 Å². The molecule has 0 fully saturated rings. The van der Waals surface area contributed by atoms with Gasteiger partial charge in [-0.25, -0.2) is 0 Å². The van der Waals surface area contributed by atoms with Crippen LogP contribution in [0.4, 0.5) is 0 Å². The summed E-state index contributed by atoms with van der Waals surface area (Å²) in [5.41, 5.74) is 11.3. The van der Waals surface area contributed by atoms with Crippen LogP contribution in [0.1, 0.15) is 55.6 Å². The van der Waals surface area contributed by atoms with Gasteiger partial charge in [0.15, 0.2) is 0 Å². The quantitative estimate of drug-likeness (QED) is 0.480. The van der Waals surface area contributed by atoms with Crippen molar-refractivity contribution in [3.05, 3.63) is 67.8 Å². The molecule has 2 N–H and O–H groups in total. The maximum absolute atomic E-state index is 8.96. The second kappa shape index (κ2) is 7.51. The molecule has 0 spiro atoms. The number of benzene rings is 2. The summed E-state index contributed by atoms with van der Waals surface area (Å²) in [4.78, 5) is 0. The molecule has 0 aromatic heterocycles. The van der Waals surface area contributed by atoms with Gasteiger partial charge in [-0.1, -0.05) is 22.4 Å². The van der Waals surface area contributed by atoms with Gasteiger partial charge in [0, 0.05) is 11.1 Å². The molecule has 0 aliphatic heterocycles. The molecule has 4 nitrogen and oxygen atoms in total. The normalized spacial score (nSPS) is 11.8. The zero-order valence-electron chi connectivity index (χ0n) is 15.8. The summed E-state index contributed by atoms with van der Waals surface area (Å²) < 4.78 is 0. The molecule has 2 aromatic rings. The fourth-order valence-corrected chi connectivity index (χ4v) is 3.72. The van der Waals surface area contributed by atoms with Gasteiger partial charge in [0.1, 0.15) is 0 Å². The summed E-state index contributed by atoms with van der Waals surface area (Å²) in [5.74, 6) is 0. The van der Waals surface area contributed by atoms with Crippen molar-refractivity contribution in [3.63, 3.8) is 0 Å². The number of aryl methyl sites for hydroxylation is 4. The molecule has 0 bridgehead atoms. The lowest BCUT2D eigenvalue weighted by Crippen LogP contribution is -2.07. The largest absolute Gasteiger partial charge is 0.411 e. The van der Waals surface area contributed by atoms with Crippen molar-refractivity contribution in [3.8, 4) is 0 Å². The fourth-order valence-electron chi connectivity index (χ4n) is 3.72. The highest BCUT2D eigenvalue weighted by molar-refractivity contribution is 5.85. The summed E-state index contributed by atoms with van der Waals surface area (Å²) in [7, 11) is 0. The van der Waals surface area contributed by atoms with Crippen molar-refractivity contribution in [1.29, 1.82) is 0 Å². The smallest absolute Gasteiger partial charge is 0.0739 e. The zero-order valence-corrected chi connectivity index (χ0v) is 15.8. The van der Waals surface area contributed by atoms with Crippen molar-refractivity contribution in [2.75, 3.05) is 0 Å². The molecule has 25 heavy (non-hydrogen) atoms. The van der Waals surface area contributed by atoms with Crippen molar-refractivity contribution >= 4 is 12.4 Å². The fraction of sp³-hybridized carbons (Fsp3) is 0.333. The first-order valence-electron chi connectivity index (χ1n) is 8.36. The van der Waals surface area contributed by atoms with E-state index in [1.54, 1.807) is 0 Å². The van der Waals surface area contributed by atoms with E-state index in [2.05, 4.69) is 50.1 Å². The van der Waals surface area contributed by atoms with Crippen molar-refractivity contribution in [2.24, 2.45) is 10.3 Å². The van der Waals surface area contributed by atoms with Gasteiger partial charge in [0.2, 0.25) is 0 Å². The highest BCUT2D eigenvalue weighted by Gasteiger charge is 2.15. The molecule has 2 rings (SSSR count). The number of hydrogen-bond donors (Lipinski definition) is 2. The second-order valence-electron chi connectivity index (χ2n) is 6.72. The maximum atomic E-state index is 8.96. The van der Waals surface area contributed by atoms with Crippen LogP contribution < -0.4 is 0 Å². The van der Waals surface area contributed by atoms with Gasteiger partial charge in [0.05, 0.1) is 12.4 Å². The Bertz CT molecular complexity index is 794. The number of oxime groups is 2. The summed E-state index contributed by atoms with van der Waals surface area (Å²) >= 11 is 0. The molecule has 0 aliphatic rings. The van der Waals surface area contributed by atoms with E-state index >= 15 is 0 Å². The van der Waals surface area contributed by atoms with Crippen molar-refractivity contribution in [2.45, 2.75) is 48.0 Å². The van der Waals surface area contributed by atoms with E-state index in [-0.39, 0.29) is 0 Å². The Hall–Kier alpha value is -2.62. The van der Waals surface area contributed by atoms with E-state index in [0.717, 1.165) is 39.8 Å². The minimum atomic E-state index is 0.786. The van der Waals surface area contributed by atoms with Crippen molar-refractivity contribution in [1.82, 2.24) is 0 Å². The van der Waals surface area contributed by atoms with Crippen LogP contribution in [0.5, 0.6) is 0 Å². The molecule has 2 aromatic carbocycles. The third-order valence-electron chi connectivity index (χ3n) is 5.11. The molecule has 0 unspecified atom stereocenters. The van der Waals surface area contributed by atoms with Gasteiger partial charge in [-0.3, -0.25) is 0 Å². The second-order valence-corrected chi connectivity index (χ2v) is 6.72. The minimum absolute atomic E-state index is 0.786. The predicted octanol–water partition coefficient (Wildman–Crippen LogP) is 4.74. The third kappa shape index (κ3) is 3.58. The van der Waals surface area contributed by atoms with Crippen LogP contribution in [0, 0.1) is 41.5 Å². The standard InChI is InChI=1S/C21H26N2O2/c1-12-7-14(3)20(10-22-24)16(5)18(12)9-19-13(2)8-15(4)21(11-23-25)17(19)6/h7-8,10-11,24-25H,9H2,1-6H3/b22-10-,23-11-. The zero-order chi connectivity index (χ0) is 18.7. The van der Waals surface area contributed by atoms with Crippen LogP contribution in [0.3, 0.4) is 0 Å². The first-order valence-corrected chi connectivity index (χ1v) is 8.36. The first-order chi connectivity index (χ1) is 11.8. The molecule has 0 saturated carbocycles. The van der Waals surface area contributed by atoms with Crippen molar-refractivity contribution < 1.29 is 10.4 Å². The van der Waals surface area contributed by atoms with Gasteiger partial charge in [-0.15, -0.1) is 0 Å². The molecular formula is C21H26N2O2. The van der Waals surface area contributed by atoms with E-state index in [1.807, 2.05) is 13.8 Å². The SMILES string of the molecule is Cc1cc(C)c(Cc2c(C)cc(C)c(/C=N\O)c2C)c(C)c1/C=N\O. The Morgan fingerprint density at radius 3 is 1.36 bits per heavy atom. The molecule has 0 heterocycles. The molecule has 132 valence electrons. The summed E-state index contributed by atoms with van der Waals surface area (Å²) in [6.45, 7) is 12.4. The lowest BCUT2D eigenvalue weighted by atomic mass is 9.85. The Labute approximate surface area is 149 Å². The topological polar surface area (TPSA) is 65.2 Å². The third-order valence-corrected chi connectivity index (χ3v) is 5.11. The Kier molecular flexibility index (Phi) is 5.62. The summed E-state index contributed by atoms with van der Waals surface area (Å²) in [6, 6.07) is 4.27. The number of nitrogens with zero attached hydrogens (tertiary/aromatic N) is 2. The van der Waals surface area contributed by atoms with Crippen LogP contribution in [0.15, 0.2) is 22.4 Å². The number of hydrogen-bond acceptors (Lipinski definition) is 4. The van der Waals surface area contributed by atoms with Gasteiger partial charge >= 0.3 is 0 Å². The van der Waals surface area contributed by atoms with Crippen LogP contribution in [-0.2, 0) is 6.42 Å².